The fraction of sp³-hybridized carbons (Fsp3) is 0.118. The highest BCUT2D eigenvalue weighted by Gasteiger charge is 2.11. The smallest absolute Gasteiger partial charge is 0.267 e. The van der Waals surface area contributed by atoms with Crippen LogP contribution in [0.15, 0.2) is 60.6 Å². The number of anilines is 1. The van der Waals surface area contributed by atoms with Crippen molar-refractivity contribution >= 4 is 11.6 Å². The van der Waals surface area contributed by atoms with Crippen molar-refractivity contribution in [1.82, 2.24) is 10.3 Å². The summed E-state index contributed by atoms with van der Waals surface area (Å²) in [5, 5.41) is 14.7. The number of aromatic nitrogens is 1. The molecule has 0 aliphatic carbocycles. The number of carbonyl (C=O) groups excluding carboxylic acids is 1. The van der Waals surface area contributed by atoms with Crippen LogP contribution in [-0.2, 0) is 11.3 Å². The third-order valence-corrected chi connectivity index (χ3v) is 3.02. The van der Waals surface area contributed by atoms with Crippen LogP contribution in [0.1, 0.15) is 5.56 Å². The number of pyridine rings is 1. The van der Waals surface area contributed by atoms with E-state index < -0.39 is 5.91 Å². The van der Waals surface area contributed by atoms with Gasteiger partial charge in [-0.2, -0.15) is 5.26 Å². The first-order valence-corrected chi connectivity index (χ1v) is 6.91. The second-order valence-electron chi connectivity index (χ2n) is 4.56. The van der Waals surface area contributed by atoms with E-state index >= 15 is 0 Å². The van der Waals surface area contributed by atoms with Crippen LogP contribution in [-0.4, -0.2) is 18.0 Å². The molecule has 0 saturated heterocycles. The number of rotatable bonds is 6. The van der Waals surface area contributed by atoms with Gasteiger partial charge in [-0.05, 0) is 29.8 Å². The second kappa shape index (κ2) is 8.20. The van der Waals surface area contributed by atoms with Crippen molar-refractivity contribution in [3.63, 3.8) is 0 Å². The number of para-hydroxylation sites is 2. The van der Waals surface area contributed by atoms with Gasteiger partial charge in [-0.25, -0.2) is 0 Å². The second-order valence-corrected chi connectivity index (χ2v) is 4.56. The van der Waals surface area contributed by atoms with E-state index in [-0.39, 0.29) is 5.57 Å². The molecule has 0 aliphatic heterocycles. The lowest BCUT2D eigenvalue weighted by Crippen LogP contribution is -2.17. The summed E-state index contributed by atoms with van der Waals surface area (Å²) in [6.45, 7) is 0.496. The molecule has 1 aromatic heterocycles. The van der Waals surface area contributed by atoms with E-state index in [1.165, 1.54) is 13.3 Å². The van der Waals surface area contributed by atoms with Gasteiger partial charge < -0.3 is 15.4 Å². The average Bonchev–Trinajstić information content (AvgIpc) is 2.60. The molecule has 2 N–H and O–H groups in total. The van der Waals surface area contributed by atoms with Gasteiger partial charge in [0.25, 0.3) is 5.91 Å². The van der Waals surface area contributed by atoms with E-state index in [9.17, 15) is 4.79 Å². The van der Waals surface area contributed by atoms with Crippen LogP contribution in [0.4, 0.5) is 5.69 Å². The zero-order valence-corrected chi connectivity index (χ0v) is 12.6. The molecule has 6 heteroatoms. The Balaban J connectivity index is 2.01. The highest BCUT2D eigenvalue weighted by Crippen LogP contribution is 2.23. The van der Waals surface area contributed by atoms with Crippen LogP contribution in [0, 0.1) is 11.3 Å². The monoisotopic (exact) mass is 308 g/mol. The number of hydrogen-bond donors (Lipinski definition) is 2. The Morgan fingerprint density at radius 2 is 2.04 bits per heavy atom. The Bertz CT molecular complexity index is 736. The Hall–Kier alpha value is -3.33. The first-order valence-electron chi connectivity index (χ1n) is 6.91. The van der Waals surface area contributed by atoms with Gasteiger partial charge >= 0.3 is 0 Å². The van der Waals surface area contributed by atoms with E-state index in [1.54, 1.807) is 36.7 Å². The number of ether oxygens (including phenoxy) is 1. The summed E-state index contributed by atoms with van der Waals surface area (Å²) in [6, 6.07) is 12.6. The molecule has 1 amide bonds. The van der Waals surface area contributed by atoms with Crippen molar-refractivity contribution in [1.29, 1.82) is 5.26 Å². The molecule has 23 heavy (non-hydrogen) atoms. The van der Waals surface area contributed by atoms with Crippen LogP contribution in [0.3, 0.4) is 0 Å². The summed E-state index contributed by atoms with van der Waals surface area (Å²) in [4.78, 5) is 16.1. The molecule has 116 valence electrons. The van der Waals surface area contributed by atoms with Gasteiger partial charge in [0.05, 0.1) is 12.8 Å². The van der Waals surface area contributed by atoms with Crippen molar-refractivity contribution in [3.05, 3.63) is 66.1 Å². The Morgan fingerprint density at radius 1 is 1.30 bits per heavy atom. The molecule has 0 fully saturated rings. The number of nitriles is 1. The summed E-state index contributed by atoms with van der Waals surface area (Å²) in [7, 11) is 1.52. The topological polar surface area (TPSA) is 87.0 Å². The van der Waals surface area contributed by atoms with Gasteiger partial charge in [0.15, 0.2) is 0 Å². The molecule has 0 saturated carbocycles. The minimum atomic E-state index is -0.501. The number of methoxy groups -OCH3 is 1. The molecule has 0 radical (unpaired) electrons. The largest absolute Gasteiger partial charge is 0.495 e. The molecule has 2 rings (SSSR count). The highest BCUT2D eigenvalue weighted by molar-refractivity contribution is 6.07. The molecular weight excluding hydrogens is 292 g/mol. The van der Waals surface area contributed by atoms with Crippen LogP contribution >= 0.6 is 0 Å². The number of nitrogens with zero attached hydrogens (tertiary/aromatic N) is 2. The van der Waals surface area contributed by atoms with E-state index in [4.69, 9.17) is 10.00 Å². The highest BCUT2D eigenvalue weighted by atomic mass is 16.5. The number of benzene rings is 1. The van der Waals surface area contributed by atoms with Crippen molar-refractivity contribution < 1.29 is 9.53 Å². The maximum absolute atomic E-state index is 12.1. The number of carbonyl (C=O) groups is 1. The van der Waals surface area contributed by atoms with Crippen LogP contribution < -0.4 is 15.4 Å². The van der Waals surface area contributed by atoms with Gasteiger partial charge in [0.1, 0.15) is 17.4 Å². The maximum Gasteiger partial charge on any atom is 0.267 e. The molecule has 6 nitrogen and oxygen atoms in total. The minimum absolute atomic E-state index is 0.0232. The van der Waals surface area contributed by atoms with E-state index in [1.807, 2.05) is 18.2 Å². The zero-order chi connectivity index (χ0) is 16.5. The minimum Gasteiger partial charge on any atom is -0.495 e. The molecule has 0 unspecified atom stereocenters. The SMILES string of the molecule is COc1ccccc1NC(=O)/C(C#N)=C\NCc1ccncc1. The third-order valence-electron chi connectivity index (χ3n) is 3.02. The van der Waals surface area contributed by atoms with E-state index in [0.717, 1.165) is 5.56 Å². The Morgan fingerprint density at radius 3 is 2.74 bits per heavy atom. The lowest BCUT2D eigenvalue weighted by molar-refractivity contribution is -0.112. The summed E-state index contributed by atoms with van der Waals surface area (Å²) in [5.41, 5.74) is 1.49. The number of hydrogen-bond acceptors (Lipinski definition) is 5. The number of nitrogens with one attached hydrogen (secondary N) is 2. The molecule has 2 aromatic rings. The quantitative estimate of drug-likeness (QED) is 0.631. The van der Waals surface area contributed by atoms with Crippen molar-refractivity contribution in [2.75, 3.05) is 12.4 Å². The predicted molar refractivity (Wildman–Crippen MR) is 86.4 cm³/mol. The number of amides is 1. The average molecular weight is 308 g/mol. The fourth-order valence-electron chi connectivity index (χ4n) is 1.86. The van der Waals surface area contributed by atoms with Crippen LogP contribution in [0.5, 0.6) is 5.75 Å². The molecule has 0 atom stereocenters. The summed E-state index contributed by atoms with van der Waals surface area (Å²) < 4.78 is 5.16. The Labute approximate surface area is 134 Å². The lowest BCUT2D eigenvalue weighted by Gasteiger charge is -2.09. The molecule has 0 spiro atoms. The summed E-state index contributed by atoms with van der Waals surface area (Å²) >= 11 is 0. The van der Waals surface area contributed by atoms with Crippen molar-refractivity contribution in [2.24, 2.45) is 0 Å². The molecule has 1 aromatic carbocycles. The van der Waals surface area contributed by atoms with Gasteiger partial charge in [0.2, 0.25) is 0 Å². The predicted octanol–water partition coefficient (Wildman–Crippen LogP) is 2.23. The van der Waals surface area contributed by atoms with E-state index in [0.29, 0.717) is 18.0 Å². The lowest BCUT2D eigenvalue weighted by atomic mass is 10.2. The first-order chi connectivity index (χ1) is 11.2. The van der Waals surface area contributed by atoms with Gasteiger partial charge in [-0.1, -0.05) is 12.1 Å². The normalized spacial score (nSPS) is 10.5. The maximum atomic E-state index is 12.1. The Kier molecular flexibility index (Phi) is 5.72. The summed E-state index contributed by atoms with van der Waals surface area (Å²) in [5.74, 6) is 0.0297. The standard InChI is InChI=1S/C17H16N4O2/c1-23-16-5-3-2-4-15(16)21-17(22)14(10-18)12-20-11-13-6-8-19-9-7-13/h2-9,12,20H,11H2,1H3,(H,21,22)/b14-12-. The van der Waals surface area contributed by atoms with Crippen LogP contribution in [0.2, 0.25) is 0 Å². The van der Waals surface area contributed by atoms with Gasteiger partial charge in [-0.3, -0.25) is 9.78 Å². The fourth-order valence-corrected chi connectivity index (χ4v) is 1.86. The van der Waals surface area contributed by atoms with Crippen LogP contribution in [0.25, 0.3) is 0 Å². The molecule has 0 bridgehead atoms. The molecular formula is C17H16N4O2. The van der Waals surface area contributed by atoms with Gasteiger partial charge in [-0.15, -0.1) is 0 Å². The van der Waals surface area contributed by atoms with Crippen molar-refractivity contribution in [3.8, 4) is 11.8 Å². The molecule has 1 heterocycles. The first kappa shape index (κ1) is 16.0. The third kappa shape index (κ3) is 4.58. The van der Waals surface area contributed by atoms with E-state index in [2.05, 4.69) is 15.6 Å². The van der Waals surface area contributed by atoms with Gasteiger partial charge in [0, 0.05) is 25.1 Å². The van der Waals surface area contributed by atoms with Crippen molar-refractivity contribution in [2.45, 2.75) is 6.54 Å². The summed E-state index contributed by atoms with van der Waals surface area (Å²) in [6.07, 6.45) is 4.76. The molecule has 0 aliphatic rings. The zero-order valence-electron chi connectivity index (χ0n) is 12.6.